The van der Waals surface area contributed by atoms with Crippen molar-refractivity contribution in [2.75, 3.05) is 0 Å². The largest absolute Gasteiger partial charge is 0.393 e. The number of aliphatic hydroxyl groups is 1. The Morgan fingerprint density at radius 1 is 1.07 bits per heavy atom. The van der Waals surface area contributed by atoms with E-state index in [0.717, 1.165) is 6.42 Å². The van der Waals surface area contributed by atoms with Gasteiger partial charge < -0.3 is 5.11 Å². The molecular weight excluding hydrogens is 172 g/mol. The van der Waals surface area contributed by atoms with Gasteiger partial charge in [0, 0.05) is 0 Å². The number of hydrogen-bond acceptors (Lipinski definition) is 1. The smallest absolute Gasteiger partial charge is 0.0575 e. The molecule has 1 N–H and O–H groups in total. The molecule has 0 aromatic rings. The van der Waals surface area contributed by atoms with Gasteiger partial charge in [0.15, 0.2) is 0 Å². The first kappa shape index (κ1) is 14.0. The molecule has 1 fully saturated rings. The lowest BCUT2D eigenvalue weighted by Gasteiger charge is -2.39. The van der Waals surface area contributed by atoms with Crippen LogP contribution in [-0.4, -0.2) is 11.2 Å². The fourth-order valence-corrected chi connectivity index (χ4v) is 2.94. The van der Waals surface area contributed by atoms with Crippen LogP contribution in [0.4, 0.5) is 0 Å². The average Bonchev–Trinajstić information content (AvgIpc) is 2.04. The molecule has 0 aromatic heterocycles. The molecule has 4 unspecified atom stereocenters. The highest BCUT2D eigenvalue weighted by Crippen LogP contribution is 2.37. The molecule has 86 valence electrons. The summed E-state index contributed by atoms with van der Waals surface area (Å²) in [5.74, 6) is 2.57. The third-order valence-corrected chi connectivity index (χ3v) is 3.29. The maximum absolute atomic E-state index is 9.88. The second-order valence-corrected chi connectivity index (χ2v) is 4.94. The minimum atomic E-state index is -0.0521. The quantitative estimate of drug-likeness (QED) is 0.684. The van der Waals surface area contributed by atoms with Crippen LogP contribution in [0.25, 0.3) is 0 Å². The van der Waals surface area contributed by atoms with Gasteiger partial charge in [-0.2, -0.15) is 0 Å². The van der Waals surface area contributed by atoms with Gasteiger partial charge in [0.25, 0.3) is 0 Å². The van der Waals surface area contributed by atoms with Gasteiger partial charge in [0.2, 0.25) is 0 Å². The lowest BCUT2D eigenvalue weighted by molar-refractivity contribution is -0.00662. The van der Waals surface area contributed by atoms with Crippen molar-refractivity contribution in [3.63, 3.8) is 0 Å². The molecular formula is C13H28O. The summed E-state index contributed by atoms with van der Waals surface area (Å²) in [6.45, 7) is 13.0. The summed E-state index contributed by atoms with van der Waals surface area (Å²) in [5, 5.41) is 9.88. The Hall–Kier alpha value is -0.0400. The van der Waals surface area contributed by atoms with E-state index >= 15 is 0 Å². The highest BCUT2D eigenvalue weighted by Gasteiger charge is 2.34. The van der Waals surface area contributed by atoms with E-state index in [4.69, 9.17) is 0 Å². The number of rotatable bonds is 1. The van der Waals surface area contributed by atoms with Crippen LogP contribution < -0.4 is 0 Å². The number of aliphatic hydroxyl groups excluding tert-OH is 1. The molecule has 0 spiro atoms. The van der Waals surface area contributed by atoms with E-state index in [9.17, 15) is 5.11 Å². The lowest BCUT2D eigenvalue weighted by Crippen LogP contribution is -2.37. The summed E-state index contributed by atoms with van der Waals surface area (Å²) < 4.78 is 0. The number of hydrogen-bond donors (Lipinski definition) is 1. The maximum Gasteiger partial charge on any atom is 0.0575 e. The van der Waals surface area contributed by atoms with E-state index in [2.05, 4.69) is 27.7 Å². The van der Waals surface area contributed by atoms with Crippen LogP contribution in [0.3, 0.4) is 0 Å². The molecule has 0 heterocycles. The summed E-state index contributed by atoms with van der Waals surface area (Å²) in [4.78, 5) is 0. The average molecular weight is 200 g/mol. The highest BCUT2D eigenvalue weighted by atomic mass is 16.3. The Morgan fingerprint density at radius 2 is 1.57 bits per heavy atom. The van der Waals surface area contributed by atoms with Crippen molar-refractivity contribution in [3.8, 4) is 0 Å². The molecule has 1 nitrogen and oxygen atoms in total. The first-order chi connectivity index (χ1) is 6.52. The van der Waals surface area contributed by atoms with Gasteiger partial charge >= 0.3 is 0 Å². The van der Waals surface area contributed by atoms with Crippen molar-refractivity contribution >= 4 is 0 Å². The molecule has 0 radical (unpaired) electrons. The second kappa shape index (κ2) is 6.44. The first-order valence-corrected chi connectivity index (χ1v) is 6.20. The Bertz CT molecular complexity index is 130. The van der Waals surface area contributed by atoms with Crippen LogP contribution in [-0.2, 0) is 0 Å². The molecule has 4 atom stereocenters. The third-order valence-electron chi connectivity index (χ3n) is 3.29. The summed E-state index contributed by atoms with van der Waals surface area (Å²) in [6.07, 6.45) is 2.25. The Kier molecular flexibility index (Phi) is 6.43. The molecule has 14 heavy (non-hydrogen) atoms. The van der Waals surface area contributed by atoms with E-state index in [1.165, 1.54) is 6.42 Å². The van der Waals surface area contributed by atoms with E-state index in [1.54, 1.807) is 0 Å². The van der Waals surface area contributed by atoms with E-state index in [0.29, 0.717) is 23.7 Å². The van der Waals surface area contributed by atoms with Crippen molar-refractivity contribution in [1.29, 1.82) is 0 Å². The second-order valence-electron chi connectivity index (χ2n) is 4.94. The molecule has 0 bridgehead atoms. The van der Waals surface area contributed by atoms with Gasteiger partial charge in [0.05, 0.1) is 6.10 Å². The predicted octanol–water partition coefficient (Wildman–Crippen LogP) is 3.71. The van der Waals surface area contributed by atoms with Gasteiger partial charge in [-0.15, -0.1) is 0 Å². The van der Waals surface area contributed by atoms with Crippen LogP contribution in [0.15, 0.2) is 0 Å². The molecule has 0 aliphatic heterocycles. The van der Waals surface area contributed by atoms with Crippen molar-refractivity contribution < 1.29 is 5.11 Å². The summed E-state index contributed by atoms with van der Waals surface area (Å²) >= 11 is 0. The zero-order valence-corrected chi connectivity index (χ0v) is 10.7. The summed E-state index contributed by atoms with van der Waals surface area (Å²) in [7, 11) is 0. The Morgan fingerprint density at radius 3 is 1.93 bits per heavy atom. The molecule has 1 aliphatic rings. The van der Waals surface area contributed by atoms with E-state index < -0.39 is 0 Å². The fourth-order valence-electron chi connectivity index (χ4n) is 2.94. The van der Waals surface area contributed by atoms with E-state index in [-0.39, 0.29) is 6.10 Å². The van der Waals surface area contributed by atoms with Gasteiger partial charge in [-0.1, -0.05) is 41.5 Å². The topological polar surface area (TPSA) is 20.2 Å². The molecule has 0 amide bonds. The van der Waals surface area contributed by atoms with Gasteiger partial charge in [-0.25, -0.2) is 0 Å². The van der Waals surface area contributed by atoms with Crippen molar-refractivity contribution in [3.05, 3.63) is 0 Å². The molecule has 0 saturated heterocycles. The van der Waals surface area contributed by atoms with Gasteiger partial charge in [-0.3, -0.25) is 0 Å². The van der Waals surface area contributed by atoms with Crippen LogP contribution in [0.2, 0.25) is 0 Å². The van der Waals surface area contributed by atoms with Gasteiger partial charge in [-0.05, 0) is 36.5 Å². The summed E-state index contributed by atoms with van der Waals surface area (Å²) in [6, 6.07) is 0. The third kappa shape index (κ3) is 3.61. The van der Waals surface area contributed by atoms with Crippen molar-refractivity contribution in [2.24, 2.45) is 23.7 Å². The van der Waals surface area contributed by atoms with Crippen molar-refractivity contribution in [2.45, 2.75) is 60.5 Å². The summed E-state index contributed by atoms with van der Waals surface area (Å²) in [5.41, 5.74) is 0. The van der Waals surface area contributed by atoms with Crippen LogP contribution >= 0.6 is 0 Å². The molecule has 1 heteroatoms. The fraction of sp³-hybridized carbons (Fsp3) is 1.00. The lowest BCUT2D eigenvalue weighted by atomic mass is 9.69. The van der Waals surface area contributed by atoms with Crippen LogP contribution in [0, 0.1) is 23.7 Å². The monoisotopic (exact) mass is 200 g/mol. The zero-order chi connectivity index (χ0) is 11.3. The molecule has 1 rings (SSSR count). The standard InChI is InChI=1S/C11H22O.C2H6/c1-7(2)11-9(4)5-8(3)6-10(11)12;1-2/h7-12H,5-6H2,1-4H3;1-2H3. The minimum absolute atomic E-state index is 0.0521. The normalized spacial score (nSPS) is 37.7. The van der Waals surface area contributed by atoms with Gasteiger partial charge in [0.1, 0.15) is 0 Å². The van der Waals surface area contributed by atoms with Crippen LogP contribution in [0.1, 0.15) is 54.4 Å². The SMILES string of the molecule is CC.CC1CC(C)C(C(C)C)C(O)C1. The Labute approximate surface area is 89.9 Å². The Balaban J connectivity index is 0.000000791. The first-order valence-electron chi connectivity index (χ1n) is 6.20. The molecule has 0 aromatic carbocycles. The molecule has 1 aliphatic carbocycles. The van der Waals surface area contributed by atoms with Crippen molar-refractivity contribution in [1.82, 2.24) is 0 Å². The minimum Gasteiger partial charge on any atom is -0.393 e. The highest BCUT2D eigenvalue weighted by molar-refractivity contribution is 4.84. The zero-order valence-electron chi connectivity index (χ0n) is 10.7. The predicted molar refractivity (Wildman–Crippen MR) is 63.2 cm³/mol. The van der Waals surface area contributed by atoms with E-state index in [1.807, 2.05) is 13.8 Å². The maximum atomic E-state index is 9.88. The van der Waals surface area contributed by atoms with Crippen LogP contribution in [0.5, 0.6) is 0 Å². The molecule has 1 saturated carbocycles.